The van der Waals surface area contributed by atoms with E-state index in [1.165, 1.54) is 35.7 Å². The molecule has 0 saturated carbocycles. The summed E-state index contributed by atoms with van der Waals surface area (Å²) in [5, 5.41) is 0.764. The topological polar surface area (TPSA) is 75.5 Å². The van der Waals surface area contributed by atoms with Crippen molar-refractivity contribution in [2.45, 2.75) is 36.7 Å². The Balaban J connectivity index is 1.52. The van der Waals surface area contributed by atoms with Gasteiger partial charge in [-0.1, -0.05) is 29.5 Å². The summed E-state index contributed by atoms with van der Waals surface area (Å²) in [6.07, 6.45) is 5.20. The Hall–Kier alpha value is -2.62. The molecule has 0 unspecified atom stereocenters. The highest BCUT2D eigenvalue weighted by Crippen LogP contribution is 2.31. The number of anilines is 1. The summed E-state index contributed by atoms with van der Waals surface area (Å²) in [6.45, 7) is 4.75. The Morgan fingerprint density at radius 1 is 1.12 bits per heavy atom. The van der Waals surface area contributed by atoms with Crippen molar-refractivity contribution in [3.63, 3.8) is 0 Å². The largest absolute Gasteiger partial charge is 0.311 e. The van der Waals surface area contributed by atoms with Crippen LogP contribution in [-0.4, -0.2) is 54.6 Å². The summed E-state index contributed by atoms with van der Waals surface area (Å²) in [6, 6.07) is 11.3. The molecule has 0 N–H and O–H groups in total. The maximum Gasteiger partial charge on any atom is 0.242 e. The molecule has 174 valence electrons. The van der Waals surface area contributed by atoms with Gasteiger partial charge in [0.2, 0.25) is 15.9 Å². The van der Waals surface area contributed by atoms with Gasteiger partial charge >= 0.3 is 0 Å². The lowest BCUT2D eigenvalue weighted by atomic mass is 10.0. The SMILES string of the molecule is Cc1ccc(-n2ccnc2SCC(=O)N2CCCc3cc(S(=O)(=O)N(C)C)ccc32)c(C)c1. The summed E-state index contributed by atoms with van der Waals surface area (Å²) in [7, 11) is -0.475. The Bertz CT molecular complexity index is 1300. The van der Waals surface area contributed by atoms with Crippen LogP contribution in [0.4, 0.5) is 5.69 Å². The zero-order chi connectivity index (χ0) is 23.8. The van der Waals surface area contributed by atoms with Crippen LogP contribution in [0.15, 0.2) is 58.8 Å². The molecular weight excluding hydrogens is 456 g/mol. The van der Waals surface area contributed by atoms with Crippen molar-refractivity contribution in [3.8, 4) is 5.69 Å². The van der Waals surface area contributed by atoms with Crippen LogP contribution < -0.4 is 4.90 Å². The number of aromatic nitrogens is 2. The fourth-order valence-corrected chi connectivity index (χ4v) is 5.86. The molecule has 0 atom stereocenters. The number of amides is 1. The zero-order valence-corrected chi connectivity index (χ0v) is 20.9. The van der Waals surface area contributed by atoms with E-state index < -0.39 is 10.0 Å². The van der Waals surface area contributed by atoms with Crippen molar-refractivity contribution in [1.82, 2.24) is 13.9 Å². The predicted molar refractivity (Wildman–Crippen MR) is 132 cm³/mol. The monoisotopic (exact) mass is 484 g/mol. The van der Waals surface area contributed by atoms with Crippen LogP contribution in [0.3, 0.4) is 0 Å². The van der Waals surface area contributed by atoms with Crippen LogP contribution in [0.1, 0.15) is 23.1 Å². The van der Waals surface area contributed by atoms with E-state index in [1.807, 2.05) is 10.8 Å². The maximum absolute atomic E-state index is 13.1. The smallest absolute Gasteiger partial charge is 0.242 e. The highest BCUT2D eigenvalue weighted by Gasteiger charge is 2.26. The zero-order valence-electron chi connectivity index (χ0n) is 19.3. The number of sulfonamides is 1. The standard InChI is InChI=1S/C24H28N4O3S2/c1-17-7-9-21(18(2)14-17)28-13-11-25-24(28)32-16-23(29)27-12-5-6-19-15-20(8-10-22(19)27)33(30,31)26(3)4/h7-11,13-15H,5-6,12,16H2,1-4H3. The molecule has 0 spiro atoms. The Kier molecular flexibility index (Phi) is 6.65. The van der Waals surface area contributed by atoms with Gasteiger partial charge in [0.1, 0.15) is 0 Å². The number of imidazole rings is 1. The number of hydrogen-bond donors (Lipinski definition) is 0. The third-order valence-electron chi connectivity index (χ3n) is 5.79. The van der Waals surface area contributed by atoms with E-state index in [9.17, 15) is 13.2 Å². The van der Waals surface area contributed by atoms with Gasteiger partial charge in [0.15, 0.2) is 5.16 Å². The third kappa shape index (κ3) is 4.71. The number of hydrogen-bond acceptors (Lipinski definition) is 5. The van der Waals surface area contributed by atoms with E-state index in [2.05, 4.69) is 37.0 Å². The number of fused-ring (bicyclic) bond motifs is 1. The number of rotatable bonds is 6. The lowest BCUT2D eigenvalue weighted by Gasteiger charge is -2.30. The first-order chi connectivity index (χ1) is 15.7. The Morgan fingerprint density at radius 2 is 1.88 bits per heavy atom. The van der Waals surface area contributed by atoms with Crippen molar-refractivity contribution in [2.24, 2.45) is 0 Å². The molecule has 2 heterocycles. The summed E-state index contributed by atoms with van der Waals surface area (Å²) in [4.78, 5) is 19.6. The van der Waals surface area contributed by atoms with Crippen molar-refractivity contribution in [1.29, 1.82) is 0 Å². The average Bonchev–Trinajstić information content (AvgIpc) is 3.24. The number of aryl methyl sites for hydroxylation is 3. The lowest BCUT2D eigenvalue weighted by molar-refractivity contribution is -0.116. The fourth-order valence-electron chi connectivity index (χ4n) is 4.06. The second-order valence-electron chi connectivity index (χ2n) is 8.39. The van der Waals surface area contributed by atoms with E-state index in [0.717, 1.165) is 40.5 Å². The number of carbonyl (C=O) groups excluding carboxylic acids is 1. The van der Waals surface area contributed by atoms with Crippen LogP contribution in [0.2, 0.25) is 0 Å². The molecule has 1 amide bonds. The Labute approximate surface area is 199 Å². The van der Waals surface area contributed by atoms with Crippen molar-refractivity contribution in [2.75, 3.05) is 31.3 Å². The van der Waals surface area contributed by atoms with Gasteiger partial charge in [-0.15, -0.1) is 0 Å². The summed E-state index contributed by atoms with van der Waals surface area (Å²) in [5.74, 6) is 0.235. The van der Waals surface area contributed by atoms with Gasteiger partial charge in [-0.3, -0.25) is 9.36 Å². The molecule has 0 fully saturated rings. The molecule has 33 heavy (non-hydrogen) atoms. The van der Waals surface area contributed by atoms with Crippen LogP contribution in [0.5, 0.6) is 0 Å². The first-order valence-corrected chi connectivity index (χ1v) is 13.2. The van der Waals surface area contributed by atoms with Gasteiger partial charge in [0.05, 0.1) is 16.3 Å². The highest BCUT2D eigenvalue weighted by molar-refractivity contribution is 7.99. The van der Waals surface area contributed by atoms with E-state index in [0.29, 0.717) is 6.54 Å². The minimum Gasteiger partial charge on any atom is -0.311 e. The first kappa shape index (κ1) is 23.5. The quantitative estimate of drug-likeness (QED) is 0.498. The molecule has 1 aromatic heterocycles. The number of benzene rings is 2. The van der Waals surface area contributed by atoms with Crippen LogP contribution in [0.25, 0.3) is 5.69 Å². The van der Waals surface area contributed by atoms with E-state index in [4.69, 9.17) is 0 Å². The van der Waals surface area contributed by atoms with Gasteiger partial charge in [-0.25, -0.2) is 17.7 Å². The normalized spacial score (nSPS) is 13.9. The van der Waals surface area contributed by atoms with E-state index in [-0.39, 0.29) is 16.6 Å². The van der Waals surface area contributed by atoms with Gasteiger partial charge in [-0.05, 0) is 62.1 Å². The number of thioether (sulfide) groups is 1. The van der Waals surface area contributed by atoms with Crippen LogP contribution in [-0.2, 0) is 21.2 Å². The highest BCUT2D eigenvalue weighted by atomic mass is 32.2. The molecule has 2 aromatic carbocycles. The van der Waals surface area contributed by atoms with Gasteiger partial charge in [-0.2, -0.15) is 0 Å². The average molecular weight is 485 g/mol. The van der Waals surface area contributed by atoms with Gasteiger partial charge in [0, 0.05) is 38.7 Å². The third-order valence-corrected chi connectivity index (χ3v) is 8.56. The summed E-state index contributed by atoms with van der Waals surface area (Å²) < 4.78 is 28.2. The number of carbonyl (C=O) groups is 1. The molecule has 0 aliphatic carbocycles. The van der Waals surface area contributed by atoms with Crippen LogP contribution in [0, 0.1) is 13.8 Å². The van der Waals surface area contributed by atoms with E-state index >= 15 is 0 Å². The van der Waals surface area contributed by atoms with Crippen molar-refractivity contribution < 1.29 is 13.2 Å². The molecule has 9 heteroatoms. The summed E-state index contributed by atoms with van der Waals surface area (Å²) in [5.41, 5.74) is 5.08. The molecule has 0 radical (unpaired) electrons. The minimum absolute atomic E-state index is 0.0145. The molecule has 1 aliphatic heterocycles. The second-order valence-corrected chi connectivity index (χ2v) is 11.5. The molecule has 3 aromatic rings. The maximum atomic E-state index is 13.1. The molecular formula is C24H28N4O3S2. The van der Waals surface area contributed by atoms with Crippen LogP contribution >= 0.6 is 11.8 Å². The van der Waals surface area contributed by atoms with E-state index in [1.54, 1.807) is 29.3 Å². The van der Waals surface area contributed by atoms with Gasteiger partial charge < -0.3 is 4.90 Å². The second kappa shape index (κ2) is 9.32. The molecule has 7 nitrogen and oxygen atoms in total. The molecule has 0 bridgehead atoms. The fraction of sp³-hybridized carbons (Fsp3) is 0.333. The predicted octanol–water partition coefficient (Wildman–Crippen LogP) is 3.81. The lowest BCUT2D eigenvalue weighted by Crippen LogP contribution is -2.37. The molecule has 0 saturated heterocycles. The number of nitrogens with zero attached hydrogens (tertiary/aromatic N) is 4. The van der Waals surface area contributed by atoms with Crippen molar-refractivity contribution >= 4 is 33.4 Å². The molecule has 4 rings (SSSR count). The van der Waals surface area contributed by atoms with Crippen molar-refractivity contribution in [3.05, 3.63) is 65.5 Å². The minimum atomic E-state index is -3.51. The summed E-state index contributed by atoms with van der Waals surface area (Å²) >= 11 is 1.41. The Morgan fingerprint density at radius 3 is 2.61 bits per heavy atom. The first-order valence-electron chi connectivity index (χ1n) is 10.8. The molecule has 1 aliphatic rings. The van der Waals surface area contributed by atoms with Gasteiger partial charge in [0.25, 0.3) is 0 Å².